The Morgan fingerprint density at radius 3 is 2.67 bits per heavy atom. The highest BCUT2D eigenvalue weighted by atomic mass is 19.3. The average molecular weight is 262 g/mol. The van der Waals surface area contributed by atoms with Crippen molar-refractivity contribution >= 4 is 11.8 Å². The molecule has 0 radical (unpaired) electrons. The van der Waals surface area contributed by atoms with Crippen LogP contribution in [-0.2, 0) is 11.2 Å². The first-order valence-corrected chi connectivity index (χ1v) is 4.59. The van der Waals surface area contributed by atoms with E-state index < -0.39 is 35.3 Å². The molecule has 0 fully saturated rings. The lowest BCUT2D eigenvalue weighted by atomic mass is 10.1. The lowest BCUT2D eigenvalue weighted by Gasteiger charge is -2.08. The maximum atomic E-state index is 12.7. The number of aliphatic carboxylic acids is 1. The first kappa shape index (κ1) is 13.7. The van der Waals surface area contributed by atoms with Crippen molar-refractivity contribution in [2.24, 2.45) is 0 Å². The lowest BCUT2D eigenvalue weighted by Crippen LogP contribution is -2.09. The van der Waals surface area contributed by atoms with Crippen LogP contribution in [0.4, 0.5) is 14.6 Å². The molecular formula is C9H8F2N2O5. The molecule has 18 heavy (non-hydrogen) atoms. The topological polar surface area (TPSA) is 103 Å². The van der Waals surface area contributed by atoms with Gasteiger partial charge in [-0.2, -0.15) is 0 Å². The van der Waals surface area contributed by atoms with Crippen LogP contribution in [0, 0.1) is 10.1 Å². The predicted molar refractivity (Wildman–Crippen MR) is 53.7 cm³/mol. The fourth-order valence-electron chi connectivity index (χ4n) is 1.34. The molecule has 0 aliphatic heterocycles. The Kier molecular flexibility index (Phi) is 4.08. The minimum absolute atomic E-state index is 0.297. The fraction of sp³-hybridized carbons (Fsp3) is 0.333. The number of carboxylic acids is 1. The summed E-state index contributed by atoms with van der Waals surface area (Å²) in [5.74, 6) is -2.49. The molecule has 1 N–H and O–H groups in total. The van der Waals surface area contributed by atoms with Gasteiger partial charge >= 0.3 is 18.2 Å². The van der Waals surface area contributed by atoms with Crippen molar-refractivity contribution in [1.82, 2.24) is 4.98 Å². The van der Waals surface area contributed by atoms with Crippen LogP contribution in [0.2, 0.25) is 0 Å². The maximum Gasteiger partial charge on any atom is 0.367 e. The van der Waals surface area contributed by atoms with Crippen LogP contribution < -0.4 is 4.74 Å². The number of halogens is 2. The quantitative estimate of drug-likeness (QED) is 0.638. The molecule has 0 atom stereocenters. The van der Waals surface area contributed by atoms with E-state index in [2.05, 4.69) is 9.72 Å². The summed E-state index contributed by atoms with van der Waals surface area (Å²) < 4.78 is 30.1. The Hall–Kier alpha value is -2.32. The molecule has 0 aromatic carbocycles. The zero-order valence-electron chi connectivity index (χ0n) is 9.09. The Morgan fingerprint density at radius 2 is 2.28 bits per heavy atom. The van der Waals surface area contributed by atoms with Gasteiger partial charge in [0.1, 0.15) is 5.75 Å². The minimum Gasteiger partial charge on any atom is -0.496 e. The van der Waals surface area contributed by atoms with Crippen LogP contribution in [0.25, 0.3) is 0 Å². The Bertz CT molecular complexity index is 492. The van der Waals surface area contributed by atoms with E-state index in [0.29, 0.717) is 0 Å². The van der Waals surface area contributed by atoms with Crippen LogP contribution in [0.1, 0.15) is 17.7 Å². The molecule has 1 aromatic rings. The van der Waals surface area contributed by atoms with Crippen LogP contribution >= 0.6 is 0 Å². The third-order valence-electron chi connectivity index (χ3n) is 2.04. The molecule has 9 heteroatoms. The zero-order valence-corrected chi connectivity index (χ0v) is 9.09. The number of carbonyl (C=O) groups is 1. The summed E-state index contributed by atoms with van der Waals surface area (Å²) in [4.78, 5) is 23.3. The number of nitro groups is 1. The fourth-order valence-corrected chi connectivity index (χ4v) is 1.34. The van der Waals surface area contributed by atoms with Crippen molar-refractivity contribution in [2.75, 3.05) is 7.11 Å². The molecule has 0 bridgehead atoms. The van der Waals surface area contributed by atoms with Gasteiger partial charge in [-0.05, 0) is 9.91 Å². The van der Waals surface area contributed by atoms with E-state index in [9.17, 15) is 23.7 Å². The van der Waals surface area contributed by atoms with Gasteiger partial charge in [-0.25, -0.2) is 8.78 Å². The average Bonchev–Trinajstić information content (AvgIpc) is 2.27. The molecule has 1 aromatic heterocycles. The van der Waals surface area contributed by atoms with E-state index in [1.54, 1.807) is 0 Å². The molecular weight excluding hydrogens is 254 g/mol. The second-order valence-electron chi connectivity index (χ2n) is 3.17. The monoisotopic (exact) mass is 262 g/mol. The lowest BCUT2D eigenvalue weighted by molar-refractivity contribution is -0.389. The van der Waals surface area contributed by atoms with Gasteiger partial charge in [0.2, 0.25) is 5.69 Å². The highest BCUT2D eigenvalue weighted by Crippen LogP contribution is 2.31. The van der Waals surface area contributed by atoms with E-state index in [1.807, 2.05) is 0 Å². The number of hydrogen-bond acceptors (Lipinski definition) is 5. The first-order valence-electron chi connectivity index (χ1n) is 4.59. The SMILES string of the molecule is COc1cc([N+](=O)[O-])nc(C(F)F)c1CC(=O)O. The number of pyridine rings is 1. The Morgan fingerprint density at radius 1 is 1.67 bits per heavy atom. The normalized spacial score (nSPS) is 10.4. The van der Waals surface area contributed by atoms with Crippen LogP contribution in [0.15, 0.2) is 6.07 Å². The number of rotatable bonds is 5. The number of nitrogens with zero attached hydrogens (tertiary/aromatic N) is 2. The molecule has 0 amide bonds. The Labute approximate surface area is 99.2 Å². The third kappa shape index (κ3) is 2.87. The number of aromatic nitrogens is 1. The predicted octanol–water partition coefficient (Wildman–Crippen LogP) is 1.56. The van der Waals surface area contributed by atoms with E-state index in [-0.39, 0.29) is 11.3 Å². The maximum absolute atomic E-state index is 12.7. The van der Waals surface area contributed by atoms with Gasteiger partial charge in [0.05, 0.1) is 25.2 Å². The highest BCUT2D eigenvalue weighted by molar-refractivity contribution is 5.72. The van der Waals surface area contributed by atoms with Gasteiger partial charge < -0.3 is 20.0 Å². The van der Waals surface area contributed by atoms with E-state index in [4.69, 9.17) is 5.11 Å². The van der Waals surface area contributed by atoms with Crippen molar-refractivity contribution in [3.8, 4) is 5.75 Å². The summed E-state index contributed by atoms with van der Waals surface area (Å²) >= 11 is 0. The summed E-state index contributed by atoms with van der Waals surface area (Å²) in [5, 5.41) is 19.1. The first-order chi connectivity index (χ1) is 8.36. The molecule has 0 aliphatic carbocycles. The number of alkyl halides is 2. The van der Waals surface area contributed by atoms with E-state index in [0.717, 1.165) is 13.2 Å². The van der Waals surface area contributed by atoms with Gasteiger partial charge in [0, 0.05) is 0 Å². The van der Waals surface area contributed by atoms with E-state index >= 15 is 0 Å². The number of ether oxygens (including phenoxy) is 1. The van der Waals surface area contributed by atoms with Gasteiger partial charge in [0.15, 0.2) is 0 Å². The summed E-state index contributed by atoms with van der Waals surface area (Å²) in [6.45, 7) is 0. The highest BCUT2D eigenvalue weighted by Gasteiger charge is 2.29. The minimum atomic E-state index is -3.13. The van der Waals surface area contributed by atoms with Crippen molar-refractivity contribution in [3.63, 3.8) is 0 Å². The van der Waals surface area contributed by atoms with Gasteiger partial charge in [-0.1, -0.05) is 0 Å². The molecule has 1 heterocycles. The number of hydrogen-bond donors (Lipinski definition) is 1. The standard InChI is InChI=1S/C9H8F2N2O5/c1-18-5-3-6(13(16)17)12-8(9(10)11)4(5)2-7(14)15/h3,9H,2H2,1H3,(H,14,15). The van der Waals surface area contributed by atoms with Gasteiger partial charge in [0.25, 0.3) is 0 Å². The molecule has 0 saturated heterocycles. The largest absolute Gasteiger partial charge is 0.496 e. The molecule has 98 valence electrons. The van der Waals surface area contributed by atoms with E-state index in [1.165, 1.54) is 0 Å². The molecule has 0 unspecified atom stereocenters. The van der Waals surface area contributed by atoms with Gasteiger partial charge in [-0.15, -0.1) is 0 Å². The molecule has 0 aliphatic rings. The van der Waals surface area contributed by atoms with Gasteiger partial charge in [-0.3, -0.25) is 4.79 Å². The molecule has 7 nitrogen and oxygen atoms in total. The Balaban J connectivity index is 3.45. The van der Waals surface area contributed by atoms with Crippen LogP contribution in [0.3, 0.4) is 0 Å². The zero-order chi connectivity index (χ0) is 13.9. The third-order valence-corrected chi connectivity index (χ3v) is 2.04. The van der Waals surface area contributed by atoms with Crippen LogP contribution in [0.5, 0.6) is 5.75 Å². The number of carboxylic acid groups (broad SMARTS) is 1. The van der Waals surface area contributed by atoms with Crippen molar-refractivity contribution in [2.45, 2.75) is 12.8 Å². The smallest absolute Gasteiger partial charge is 0.367 e. The molecule has 0 spiro atoms. The van der Waals surface area contributed by atoms with Crippen molar-refractivity contribution < 1.29 is 28.3 Å². The van der Waals surface area contributed by atoms with Crippen molar-refractivity contribution in [1.29, 1.82) is 0 Å². The molecule has 0 saturated carbocycles. The summed E-state index contributed by atoms with van der Waals surface area (Å²) in [5.41, 5.74) is -1.32. The van der Waals surface area contributed by atoms with Crippen LogP contribution in [-0.4, -0.2) is 28.1 Å². The summed E-state index contributed by atoms with van der Waals surface area (Å²) in [6.07, 6.45) is -3.89. The second kappa shape index (κ2) is 5.34. The summed E-state index contributed by atoms with van der Waals surface area (Å²) in [6, 6.07) is 0.810. The summed E-state index contributed by atoms with van der Waals surface area (Å²) in [7, 11) is 1.10. The molecule has 1 rings (SSSR count). The number of methoxy groups -OCH3 is 1. The second-order valence-corrected chi connectivity index (χ2v) is 3.17. The van der Waals surface area contributed by atoms with Crippen molar-refractivity contribution in [3.05, 3.63) is 27.4 Å².